The first kappa shape index (κ1) is 18.6. The monoisotopic (exact) mass is 378 g/mol. The van der Waals surface area contributed by atoms with Crippen LogP contribution in [0.25, 0.3) is 6.08 Å². The summed E-state index contributed by atoms with van der Waals surface area (Å²) in [5, 5.41) is 4.17. The number of aromatic amines is 1. The van der Waals surface area contributed by atoms with Crippen LogP contribution < -0.4 is 5.43 Å². The van der Waals surface area contributed by atoms with E-state index >= 15 is 0 Å². The first-order valence-corrected chi connectivity index (χ1v) is 10.0. The number of carbonyl (C=O) groups is 1. The zero-order valence-corrected chi connectivity index (χ0v) is 16.5. The lowest BCUT2D eigenvalue weighted by Crippen LogP contribution is -2.23. The number of nitrogens with zero attached hydrogens (tertiary/aromatic N) is 4. The summed E-state index contributed by atoms with van der Waals surface area (Å²) in [6.07, 6.45) is 9.83. The first-order valence-electron chi connectivity index (χ1n) is 10.0. The van der Waals surface area contributed by atoms with Crippen LogP contribution in [-0.4, -0.2) is 44.6 Å². The molecule has 0 aromatic carbocycles. The zero-order valence-electron chi connectivity index (χ0n) is 16.5. The Morgan fingerprint density at radius 1 is 1.14 bits per heavy atom. The Balaban J connectivity index is 1.76. The molecule has 0 saturated heterocycles. The maximum absolute atomic E-state index is 12.5. The van der Waals surface area contributed by atoms with E-state index in [1.54, 1.807) is 18.5 Å². The lowest BCUT2D eigenvalue weighted by molar-refractivity contribution is -0.116. The van der Waals surface area contributed by atoms with E-state index in [-0.39, 0.29) is 5.91 Å². The van der Waals surface area contributed by atoms with Crippen LogP contribution in [0.4, 0.5) is 0 Å². The van der Waals surface area contributed by atoms with Crippen molar-refractivity contribution in [2.75, 3.05) is 13.1 Å². The molecule has 2 N–H and O–H groups in total. The number of rotatable bonds is 6. The fourth-order valence-corrected chi connectivity index (χ4v) is 3.96. The SMILES string of the molecule is CCN(CC)Cc1c(C=C2C(=O)NN=C2c2ncccn2)[nH]c2c1CCCC2. The van der Waals surface area contributed by atoms with Crippen molar-refractivity contribution in [2.45, 2.75) is 46.1 Å². The van der Waals surface area contributed by atoms with E-state index in [0.29, 0.717) is 17.1 Å². The average Bonchev–Trinajstić information content (AvgIpc) is 3.27. The average molecular weight is 378 g/mol. The van der Waals surface area contributed by atoms with Gasteiger partial charge in [0.15, 0.2) is 5.82 Å². The lowest BCUT2D eigenvalue weighted by atomic mass is 9.93. The highest BCUT2D eigenvalue weighted by Gasteiger charge is 2.28. The van der Waals surface area contributed by atoms with Gasteiger partial charge < -0.3 is 4.98 Å². The Morgan fingerprint density at radius 3 is 2.64 bits per heavy atom. The lowest BCUT2D eigenvalue weighted by Gasteiger charge is -2.20. The summed E-state index contributed by atoms with van der Waals surface area (Å²) < 4.78 is 0. The van der Waals surface area contributed by atoms with Crippen molar-refractivity contribution in [3.63, 3.8) is 0 Å². The number of hydrogen-bond acceptors (Lipinski definition) is 5. The molecule has 0 spiro atoms. The molecule has 0 unspecified atom stereocenters. The van der Waals surface area contributed by atoms with Crippen LogP contribution >= 0.6 is 0 Å². The van der Waals surface area contributed by atoms with Gasteiger partial charge in [-0.25, -0.2) is 15.4 Å². The van der Waals surface area contributed by atoms with Crippen LogP contribution in [0.1, 0.15) is 55.0 Å². The van der Waals surface area contributed by atoms with Gasteiger partial charge in [0.1, 0.15) is 5.71 Å². The molecule has 4 rings (SSSR count). The number of nitrogens with one attached hydrogen (secondary N) is 2. The molecule has 7 heteroatoms. The third-order valence-electron chi connectivity index (χ3n) is 5.55. The smallest absolute Gasteiger partial charge is 0.273 e. The molecule has 0 saturated carbocycles. The first-order chi connectivity index (χ1) is 13.7. The fourth-order valence-electron chi connectivity index (χ4n) is 3.96. The summed E-state index contributed by atoms with van der Waals surface area (Å²) >= 11 is 0. The number of aromatic nitrogens is 3. The van der Waals surface area contributed by atoms with Crippen LogP contribution in [0.15, 0.2) is 29.1 Å². The molecule has 2 aromatic heterocycles. The van der Waals surface area contributed by atoms with Gasteiger partial charge in [-0.2, -0.15) is 5.10 Å². The second-order valence-electron chi connectivity index (χ2n) is 7.17. The van der Waals surface area contributed by atoms with Crippen molar-refractivity contribution in [3.8, 4) is 0 Å². The van der Waals surface area contributed by atoms with E-state index in [1.165, 1.54) is 29.7 Å². The number of fused-ring (bicyclic) bond motifs is 1. The van der Waals surface area contributed by atoms with Gasteiger partial charge in [-0.1, -0.05) is 13.8 Å². The van der Waals surface area contributed by atoms with Crippen molar-refractivity contribution >= 4 is 17.7 Å². The van der Waals surface area contributed by atoms with E-state index in [1.807, 2.05) is 6.08 Å². The molecule has 1 aliphatic carbocycles. The predicted molar refractivity (Wildman–Crippen MR) is 109 cm³/mol. The quantitative estimate of drug-likeness (QED) is 0.756. The standard InChI is InChI=1S/C21H26N6O/c1-3-27(4-2)13-16-14-8-5-6-9-17(14)24-18(16)12-15-19(25-26-21(15)28)20-22-10-7-11-23-20/h7,10-12,24H,3-6,8-9,13H2,1-2H3,(H,26,28). The van der Waals surface area contributed by atoms with Gasteiger partial charge >= 0.3 is 0 Å². The number of amides is 1. The number of aryl methyl sites for hydroxylation is 1. The van der Waals surface area contributed by atoms with Crippen LogP contribution in [0.3, 0.4) is 0 Å². The molecular formula is C21H26N6O. The Labute approximate surface area is 165 Å². The minimum absolute atomic E-state index is 0.219. The van der Waals surface area contributed by atoms with Crippen molar-refractivity contribution < 1.29 is 4.79 Å². The second-order valence-corrected chi connectivity index (χ2v) is 7.17. The van der Waals surface area contributed by atoms with Crippen LogP contribution in [-0.2, 0) is 24.2 Å². The minimum atomic E-state index is -0.219. The molecular weight excluding hydrogens is 352 g/mol. The highest BCUT2D eigenvalue weighted by atomic mass is 16.2. The largest absolute Gasteiger partial charge is 0.358 e. The zero-order chi connectivity index (χ0) is 19.5. The molecule has 2 aromatic rings. The molecule has 7 nitrogen and oxygen atoms in total. The third kappa shape index (κ3) is 3.49. The van der Waals surface area contributed by atoms with Crippen molar-refractivity contribution in [1.29, 1.82) is 0 Å². The Bertz CT molecular complexity index is 924. The van der Waals surface area contributed by atoms with E-state index in [0.717, 1.165) is 38.2 Å². The summed E-state index contributed by atoms with van der Waals surface area (Å²) in [6.45, 7) is 7.24. The van der Waals surface area contributed by atoms with Gasteiger partial charge in [0.2, 0.25) is 0 Å². The van der Waals surface area contributed by atoms with Crippen molar-refractivity contribution in [3.05, 3.63) is 52.4 Å². The molecule has 0 radical (unpaired) electrons. The highest BCUT2D eigenvalue weighted by Crippen LogP contribution is 2.30. The van der Waals surface area contributed by atoms with Crippen LogP contribution in [0.5, 0.6) is 0 Å². The summed E-state index contributed by atoms with van der Waals surface area (Å²) in [6, 6.07) is 1.75. The molecule has 1 aliphatic heterocycles. The van der Waals surface area contributed by atoms with Crippen molar-refractivity contribution in [2.24, 2.45) is 5.10 Å². The Morgan fingerprint density at radius 2 is 1.89 bits per heavy atom. The number of hydrazone groups is 1. The summed E-state index contributed by atoms with van der Waals surface area (Å²) in [7, 11) is 0. The molecule has 0 atom stereocenters. The van der Waals surface area contributed by atoms with Gasteiger partial charge in [0.25, 0.3) is 5.91 Å². The predicted octanol–water partition coefficient (Wildman–Crippen LogP) is 2.44. The number of carbonyl (C=O) groups excluding carboxylic acids is 1. The Hall–Kier alpha value is -2.80. The topological polar surface area (TPSA) is 86.3 Å². The van der Waals surface area contributed by atoms with Gasteiger partial charge in [0.05, 0.1) is 5.57 Å². The normalized spacial score (nSPS) is 17.8. The molecule has 2 aliphatic rings. The molecule has 0 fully saturated rings. The molecule has 3 heterocycles. The van der Waals surface area contributed by atoms with Crippen LogP contribution in [0.2, 0.25) is 0 Å². The molecule has 146 valence electrons. The summed E-state index contributed by atoms with van der Waals surface area (Å²) in [5.74, 6) is 0.234. The van der Waals surface area contributed by atoms with Gasteiger partial charge in [-0.3, -0.25) is 9.69 Å². The molecule has 28 heavy (non-hydrogen) atoms. The second kappa shape index (κ2) is 8.06. The maximum atomic E-state index is 12.5. The van der Waals surface area contributed by atoms with Gasteiger partial charge in [-0.15, -0.1) is 0 Å². The maximum Gasteiger partial charge on any atom is 0.273 e. The van der Waals surface area contributed by atoms with E-state index in [4.69, 9.17) is 0 Å². The summed E-state index contributed by atoms with van der Waals surface area (Å²) in [5.41, 5.74) is 8.61. The number of hydrogen-bond donors (Lipinski definition) is 2. The fraction of sp³-hybridized carbons (Fsp3) is 0.429. The van der Waals surface area contributed by atoms with Gasteiger partial charge in [-0.05, 0) is 62.0 Å². The van der Waals surface area contributed by atoms with Gasteiger partial charge in [0, 0.05) is 30.3 Å². The van der Waals surface area contributed by atoms with E-state index in [2.05, 4.69) is 44.2 Å². The van der Waals surface area contributed by atoms with Crippen molar-refractivity contribution in [1.82, 2.24) is 25.3 Å². The van der Waals surface area contributed by atoms with Crippen LogP contribution in [0, 0.1) is 0 Å². The highest BCUT2D eigenvalue weighted by molar-refractivity contribution is 6.32. The summed E-state index contributed by atoms with van der Waals surface area (Å²) in [4.78, 5) is 27.0. The minimum Gasteiger partial charge on any atom is -0.358 e. The molecule has 0 bridgehead atoms. The van der Waals surface area contributed by atoms with E-state index < -0.39 is 0 Å². The third-order valence-corrected chi connectivity index (χ3v) is 5.55. The molecule has 1 amide bonds. The van der Waals surface area contributed by atoms with E-state index in [9.17, 15) is 4.79 Å². The Kier molecular flexibility index (Phi) is 5.34. The number of H-pyrrole nitrogens is 1.